The highest BCUT2D eigenvalue weighted by Crippen LogP contribution is 2.35. The van der Waals surface area contributed by atoms with Crippen molar-refractivity contribution in [3.8, 4) is 11.5 Å². The molecule has 0 radical (unpaired) electrons. The second-order valence-electron chi connectivity index (χ2n) is 13.6. The van der Waals surface area contributed by atoms with Crippen LogP contribution in [-0.4, -0.2) is 67.2 Å². The first-order chi connectivity index (χ1) is 27.4. The van der Waals surface area contributed by atoms with Crippen LogP contribution in [0, 0.1) is 6.92 Å². The molecule has 2 aromatic heterocycles. The van der Waals surface area contributed by atoms with Crippen molar-refractivity contribution in [2.45, 2.75) is 48.5 Å². The Kier molecular flexibility index (Phi) is 12.5. The van der Waals surface area contributed by atoms with Crippen molar-refractivity contribution >= 4 is 54.8 Å². The monoisotopic (exact) mass is 792 g/mol. The molecule has 0 bridgehead atoms. The number of rotatable bonds is 17. The van der Waals surface area contributed by atoms with Gasteiger partial charge >= 0.3 is 0 Å². The number of H-pyrrole nitrogens is 1. The highest BCUT2D eigenvalue weighted by molar-refractivity contribution is 7.91. The number of sulfone groups is 1. The predicted molar refractivity (Wildman–Crippen MR) is 218 cm³/mol. The van der Waals surface area contributed by atoms with Crippen molar-refractivity contribution in [2.75, 3.05) is 32.1 Å². The summed E-state index contributed by atoms with van der Waals surface area (Å²) < 4.78 is 33.4. The average molecular weight is 793 g/mol. The summed E-state index contributed by atoms with van der Waals surface area (Å²) in [4.78, 5) is 44.1. The second kappa shape index (κ2) is 17.7. The lowest BCUT2D eigenvalue weighted by Gasteiger charge is -2.16. The van der Waals surface area contributed by atoms with Gasteiger partial charge in [0.05, 0.1) is 45.3 Å². The number of pyridine rings is 2. The zero-order valence-electron chi connectivity index (χ0n) is 31.5. The van der Waals surface area contributed by atoms with Gasteiger partial charge < -0.3 is 41.6 Å². The number of anilines is 2. The molecule has 6 aromatic rings. The van der Waals surface area contributed by atoms with E-state index in [1.807, 2.05) is 0 Å². The largest absolute Gasteiger partial charge is 0.506 e. The number of aliphatic hydroxyl groups excluding tert-OH is 1. The fourth-order valence-corrected chi connectivity index (χ4v) is 8.06. The summed E-state index contributed by atoms with van der Waals surface area (Å²) in [6.07, 6.45) is 3.81. The average Bonchev–Trinajstić information content (AvgIpc) is 3.20. The van der Waals surface area contributed by atoms with Gasteiger partial charge in [-0.05, 0) is 92.0 Å². The normalized spacial score (nSPS) is 12.1. The molecular weight excluding hydrogens is 749 g/mol. The number of primary amides is 1. The van der Waals surface area contributed by atoms with Gasteiger partial charge in [0.25, 0.3) is 11.8 Å². The lowest BCUT2D eigenvalue weighted by Crippen LogP contribution is -2.25. The molecule has 1 atom stereocenters. The van der Waals surface area contributed by atoms with Gasteiger partial charge in [-0.1, -0.05) is 31.0 Å². The van der Waals surface area contributed by atoms with E-state index in [0.29, 0.717) is 70.6 Å². The van der Waals surface area contributed by atoms with Crippen LogP contribution in [0.5, 0.6) is 11.5 Å². The first-order valence-corrected chi connectivity index (χ1v) is 19.9. The quantitative estimate of drug-likeness (QED) is 0.0580. The minimum absolute atomic E-state index is 0.0439. The zero-order chi connectivity index (χ0) is 40.7. The standard InChI is InChI=1S/C42H44N6O8S/c1-25-19-30(22-33-38(25)46-23-34(41(43)52)39(33)47-27-10-8-11-28(21-27)56-2)57(54,55)29-12-7-9-26(20-29)42(53)45-18-6-4-3-5-17-44-24-36(50)31-13-15-35(49)40-32(31)14-16-37(51)48-40/h7-16,19-23,36,44,49-50H,3-6,17-18,24H2,1-2H3,(H2,43,52)(H,45,53)(H,46,47)(H,48,51)/t36-/m0/s1. The Balaban J connectivity index is 1.04. The van der Waals surface area contributed by atoms with Crippen molar-refractivity contribution in [2.24, 2.45) is 5.73 Å². The van der Waals surface area contributed by atoms with Crippen molar-refractivity contribution in [3.63, 3.8) is 0 Å². The van der Waals surface area contributed by atoms with Crippen molar-refractivity contribution in [3.05, 3.63) is 124 Å². The number of hydrogen-bond donors (Lipinski definition) is 7. The molecule has 57 heavy (non-hydrogen) atoms. The van der Waals surface area contributed by atoms with Gasteiger partial charge in [0.1, 0.15) is 11.5 Å². The number of amides is 2. The van der Waals surface area contributed by atoms with Crippen LogP contribution in [0.15, 0.2) is 106 Å². The number of aromatic amines is 1. The highest BCUT2D eigenvalue weighted by atomic mass is 32.2. The first kappa shape index (κ1) is 40.4. The smallest absolute Gasteiger partial charge is 0.252 e. The maximum atomic E-state index is 14.0. The molecule has 296 valence electrons. The number of methoxy groups -OCH3 is 1. The number of aryl methyl sites for hydroxylation is 1. The number of unbranched alkanes of at least 4 members (excludes halogenated alkanes) is 3. The minimum Gasteiger partial charge on any atom is -0.506 e. The van der Waals surface area contributed by atoms with Gasteiger partial charge in [-0.2, -0.15) is 0 Å². The number of nitrogens with zero attached hydrogens (tertiary/aromatic N) is 1. The number of nitrogens with one attached hydrogen (secondary N) is 4. The van der Waals surface area contributed by atoms with Crippen LogP contribution in [0.3, 0.4) is 0 Å². The van der Waals surface area contributed by atoms with E-state index in [1.165, 1.54) is 55.8 Å². The lowest BCUT2D eigenvalue weighted by molar-refractivity contribution is 0.0951. The van der Waals surface area contributed by atoms with Crippen LogP contribution in [0.4, 0.5) is 11.4 Å². The number of hydrogen-bond acceptors (Lipinski definition) is 11. The number of carbonyl (C=O) groups is 2. The molecule has 0 spiro atoms. The van der Waals surface area contributed by atoms with Crippen LogP contribution in [-0.2, 0) is 9.84 Å². The van der Waals surface area contributed by atoms with Crippen molar-refractivity contribution < 1.29 is 33.0 Å². The number of carbonyl (C=O) groups excluding carboxylic acids is 2. The summed E-state index contributed by atoms with van der Waals surface area (Å²) in [6, 6.07) is 21.9. The zero-order valence-corrected chi connectivity index (χ0v) is 32.3. The number of phenolic OH excluding ortho intramolecular Hbond substituents is 1. The van der Waals surface area contributed by atoms with Gasteiger partial charge in [-0.25, -0.2) is 8.42 Å². The van der Waals surface area contributed by atoms with Gasteiger partial charge in [-0.15, -0.1) is 0 Å². The fraction of sp³-hybridized carbons (Fsp3) is 0.238. The van der Waals surface area contributed by atoms with Gasteiger partial charge in [0, 0.05) is 53.4 Å². The van der Waals surface area contributed by atoms with E-state index in [-0.39, 0.29) is 37.7 Å². The maximum Gasteiger partial charge on any atom is 0.252 e. The molecule has 15 heteroatoms. The first-order valence-electron chi connectivity index (χ1n) is 18.4. The van der Waals surface area contributed by atoms with E-state index in [9.17, 15) is 33.0 Å². The summed E-state index contributed by atoms with van der Waals surface area (Å²) in [5, 5.41) is 31.1. The molecule has 2 heterocycles. The van der Waals surface area contributed by atoms with Crippen LogP contribution in [0.2, 0.25) is 0 Å². The van der Waals surface area contributed by atoms with E-state index in [4.69, 9.17) is 10.5 Å². The van der Waals surface area contributed by atoms with Crippen LogP contribution in [0.1, 0.15) is 63.6 Å². The number of aromatic hydroxyl groups is 1. The topological polar surface area (TPSA) is 226 Å². The molecular formula is C42H44N6O8S. The molecule has 0 aliphatic heterocycles. The van der Waals surface area contributed by atoms with E-state index in [1.54, 1.807) is 49.4 Å². The number of phenols is 1. The molecule has 6 rings (SSSR count). The Morgan fingerprint density at radius 3 is 2.46 bits per heavy atom. The third kappa shape index (κ3) is 9.23. The van der Waals surface area contributed by atoms with Crippen LogP contribution < -0.4 is 32.0 Å². The molecule has 14 nitrogen and oxygen atoms in total. The summed E-state index contributed by atoms with van der Waals surface area (Å²) >= 11 is 0. The van der Waals surface area contributed by atoms with E-state index in [2.05, 4.69) is 25.9 Å². The molecule has 0 saturated carbocycles. The van der Waals surface area contributed by atoms with E-state index >= 15 is 0 Å². The molecule has 8 N–H and O–H groups in total. The van der Waals surface area contributed by atoms with Gasteiger partial charge in [0.2, 0.25) is 15.4 Å². The summed E-state index contributed by atoms with van der Waals surface area (Å²) in [7, 11) is -2.60. The lowest BCUT2D eigenvalue weighted by atomic mass is 10.0. The van der Waals surface area contributed by atoms with E-state index < -0.39 is 27.8 Å². The Labute approximate surface area is 329 Å². The molecule has 4 aromatic carbocycles. The number of benzene rings is 4. The number of fused-ring (bicyclic) bond motifs is 2. The third-order valence-corrected chi connectivity index (χ3v) is 11.4. The number of ether oxygens (including phenoxy) is 1. The fourth-order valence-electron chi connectivity index (χ4n) is 6.64. The molecule has 0 saturated heterocycles. The van der Waals surface area contributed by atoms with Gasteiger partial charge in [-0.3, -0.25) is 19.4 Å². The SMILES string of the molecule is COc1cccc(Nc2c(C(N)=O)cnc3c(C)cc(S(=O)(=O)c4cccc(C(=O)NCCCCCCNC[C@H](O)c5ccc(O)c6[nH]c(=O)ccc56)c4)cc23)c1. The predicted octanol–water partition coefficient (Wildman–Crippen LogP) is 5.39. The van der Waals surface area contributed by atoms with Crippen LogP contribution >= 0.6 is 0 Å². The number of nitrogens with two attached hydrogens (primary N) is 1. The molecule has 2 amide bonds. The number of aromatic nitrogens is 2. The maximum absolute atomic E-state index is 14.0. The molecule has 0 aliphatic rings. The second-order valence-corrected chi connectivity index (χ2v) is 15.6. The van der Waals surface area contributed by atoms with Gasteiger partial charge in [0.15, 0.2) is 0 Å². The minimum atomic E-state index is -4.13. The van der Waals surface area contributed by atoms with Crippen molar-refractivity contribution in [1.82, 2.24) is 20.6 Å². The molecule has 0 unspecified atom stereocenters. The summed E-state index contributed by atoms with van der Waals surface area (Å²) in [6.45, 7) is 3.09. The molecule has 0 aliphatic carbocycles. The van der Waals surface area contributed by atoms with Crippen molar-refractivity contribution in [1.29, 1.82) is 0 Å². The Hall–Kier alpha value is -6.29. The Morgan fingerprint density at radius 1 is 0.912 bits per heavy atom. The van der Waals surface area contributed by atoms with Crippen LogP contribution in [0.25, 0.3) is 21.8 Å². The highest BCUT2D eigenvalue weighted by Gasteiger charge is 2.23. The molecule has 0 fully saturated rings. The summed E-state index contributed by atoms with van der Waals surface area (Å²) in [5.74, 6) is -0.634. The Morgan fingerprint density at radius 2 is 1.68 bits per heavy atom. The summed E-state index contributed by atoms with van der Waals surface area (Å²) in [5.41, 5.74) is 8.44. The van der Waals surface area contributed by atoms with E-state index in [0.717, 1.165) is 19.3 Å². The number of aliphatic hydroxyl groups is 1. The third-order valence-electron chi connectivity index (χ3n) is 9.63. The Bertz CT molecular complexity index is 2630.